The molecule has 6 nitrogen and oxygen atoms in total. The minimum absolute atomic E-state index is 0. The number of anilines is 1. The lowest BCUT2D eigenvalue weighted by molar-refractivity contribution is 0.379. The zero-order chi connectivity index (χ0) is 23.4. The molecule has 0 amide bonds. The Morgan fingerprint density at radius 1 is 0.853 bits per heavy atom. The van der Waals surface area contributed by atoms with E-state index in [1.807, 2.05) is 25.1 Å². The average molecular weight is 483 g/mol. The minimum Gasteiger partial charge on any atom is -0.497 e. The predicted molar refractivity (Wildman–Crippen MR) is 132 cm³/mol. The van der Waals surface area contributed by atoms with Crippen LogP contribution in [0.2, 0.25) is 0 Å². The van der Waals surface area contributed by atoms with Crippen LogP contribution in [0.15, 0.2) is 88.5 Å². The molecule has 0 saturated heterocycles. The predicted octanol–water partition coefficient (Wildman–Crippen LogP) is 4.70. The fourth-order valence-corrected chi connectivity index (χ4v) is 3.63. The first kappa shape index (κ1) is 25.0. The third-order valence-electron chi connectivity index (χ3n) is 5.45. The van der Waals surface area contributed by atoms with Crippen molar-refractivity contribution in [1.82, 2.24) is 5.32 Å². The highest BCUT2D eigenvalue weighted by Crippen LogP contribution is 2.31. The van der Waals surface area contributed by atoms with Crippen LogP contribution >= 0.6 is 12.4 Å². The fraction of sp³-hybridized carbons (Fsp3) is 0.154. The van der Waals surface area contributed by atoms with Gasteiger partial charge in [-0.15, -0.1) is 12.4 Å². The van der Waals surface area contributed by atoms with Gasteiger partial charge in [0.25, 0.3) is 5.43 Å². The van der Waals surface area contributed by atoms with E-state index in [2.05, 4.69) is 10.8 Å². The molecule has 0 spiro atoms. The van der Waals surface area contributed by atoms with Crippen LogP contribution in [-0.2, 0) is 0 Å². The van der Waals surface area contributed by atoms with E-state index in [9.17, 15) is 14.0 Å². The molecule has 4 rings (SSSR count). The zero-order valence-electron chi connectivity index (χ0n) is 18.6. The molecule has 0 fully saturated rings. The molecule has 176 valence electrons. The van der Waals surface area contributed by atoms with Crippen LogP contribution in [0.4, 0.5) is 10.1 Å². The summed E-state index contributed by atoms with van der Waals surface area (Å²) >= 11 is 0. The van der Waals surface area contributed by atoms with Crippen molar-refractivity contribution in [2.45, 2.75) is 19.0 Å². The van der Waals surface area contributed by atoms with E-state index in [0.717, 1.165) is 5.56 Å². The Labute approximate surface area is 202 Å². The Balaban J connectivity index is 0.00000324. The molecule has 34 heavy (non-hydrogen) atoms. The van der Waals surface area contributed by atoms with E-state index in [4.69, 9.17) is 9.57 Å². The second-order valence-corrected chi connectivity index (χ2v) is 7.62. The molecule has 0 aliphatic carbocycles. The van der Waals surface area contributed by atoms with Crippen LogP contribution < -0.4 is 31.2 Å². The first-order chi connectivity index (χ1) is 16.0. The number of ether oxygens (including phenoxy) is 1. The maximum Gasteiger partial charge on any atom is 0.271 e. The number of hydrogen-bond acceptors (Lipinski definition) is 6. The van der Waals surface area contributed by atoms with Crippen molar-refractivity contribution < 1.29 is 14.0 Å². The van der Waals surface area contributed by atoms with Crippen LogP contribution in [0.3, 0.4) is 0 Å². The van der Waals surface area contributed by atoms with E-state index in [-0.39, 0.29) is 35.6 Å². The largest absolute Gasteiger partial charge is 0.497 e. The standard InChI is InChI=1S/C26H23FN2O4.ClH/c1-16(18-7-6-8-19(27)15-18)28-23(17-11-13-21(32-2)14-12-17)22-24(30)25(31)26(22)33-29-20-9-4-3-5-10-20;/h3-16,23,28-29H,1-2H3;1H/t16-,23?;/m1./s1. The summed E-state index contributed by atoms with van der Waals surface area (Å²) < 4.78 is 19.0. The lowest BCUT2D eigenvalue weighted by atomic mass is 9.92. The third kappa shape index (κ3) is 5.27. The van der Waals surface area contributed by atoms with Crippen LogP contribution in [0.25, 0.3) is 0 Å². The summed E-state index contributed by atoms with van der Waals surface area (Å²) in [5.41, 5.74) is 3.67. The van der Waals surface area contributed by atoms with Gasteiger partial charge in [-0.2, -0.15) is 0 Å². The summed E-state index contributed by atoms with van der Waals surface area (Å²) in [7, 11) is 1.56. The molecule has 8 heteroatoms. The quantitative estimate of drug-likeness (QED) is 0.266. The molecular weight excluding hydrogens is 459 g/mol. The second-order valence-electron chi connectivity index (χ2n) is 7.62. The molecular formula is C26H24ClFN2O4. The number of nitrogens with one attached hydrogen (secondary N) is 2. The highest BCUT2D eigenvalue weighted by molar-refractivity contribution is 5.85. The van der Waals surface area contributed by atoms with Crippen molar-refractivity contribution in [3.63, 3.8) is 0 Å². The van der Waals surface area contributed by atoms with E-state index >= 15 is 0 Å². The number of para-hydroxylation sites is 1. The molecule has 0 saturated carbocycles. The van der Waals surface area contributed by atoms with Crippen molar-refractivity contribution in [2.24, 2.45) is 0 Å². The fourth-order valence-electron chi connectivity index (χ4n) is 3.63. The Morgan fingerprint density at radius 3 is 2.21 bits per heavy atom. The lowest BCUT2D eigenvalue weighted by Crippen LogP contribution is -2.43. The number of methoxy groups -OCH3 is 1. The van der Waals surface area contributed by atoms with E-state index < -0.39 is 16.9 Å². The molecule has 0 aliphatic heterocycles. The maximum absolute atomic E-state index is 13.8. The van der Waals surface area contributed by atoms with Crippen LogP contribution in [0.5, 0.6) is 11.5 Å². The van der Waals surface area contributed by atoms with Crippen LogP contribution in [0.1, 0.15) is 35.7 Å². The number of benzene rings is 3. The average Bonchev–Trinajstić information content (AvgIpc) is 2.85. The van der Waals surface area contributed by atoms with Gasteiger partial charge >= 0.3 is 0 Å². The zero-order valence-corrected chi connectivity index (χ0v) is 19.4. The Kier molecular flexibility index (Phi) is 8.04. The molecule has 0 aromatic heterocycles. The number of rotatable bonds is 9. The highest BCUT2D eigenvalue weighted by Gasteiger charge is 2.32. The van der Waals surface area contributed by atoms with Crippen molar-refractivity contribution in [3.05, 3.63) is 122 Å². The Bertz CT molecular complexity index is 1310. The molecule has 0 bridgehead atoms. The van der Waals surface area contributed by atoms with Gasteiger partial charge in [-0.25, -0.2) is 9.87 Å². The van der Waals surface area contributed by atoms with Gasteiger partial charge in [0.15, 0.2) is 0 Å². The number of hydrogen-bond donors (Lipinski definition) is 2. The van der Waals surface area contributed by atoms with Crippen molar-refractivity contribution in [1.29, 1.82) is 0 Å². The van der Waals surface area contributed by atoms with Crippen molar-refractivity contribution >= 4 is 18.1 Å². The summed E-state index contributed by atoms with van der Waals surface area (Å²) in [6.07, 6.45) is 0. The second kappa shape index (κ2) is 11.0. The van der Waals surface area contributed by atoms with Gasteiger partial charge in [-0.05, 0) is 54.4 Å². The van der Waals surface area contributed by atoms with Gasteiger partial charge in [-0.1, -0.05) is 42.5 Å². The number of halogens is 2. The molecule has 1 unspecified atom stereocenters. The molecule has 4 aromatic carbocycles. The van der Waals surface area contributed by atoms with Crippen molar-refractivity contribution in [3.8, 4) is 11.5 Å². The van der Waals surface area contributed by atoms with E-state index in [1.165, 1.54) is 12.1 Å². The van der Waals surface area contributed by atoms with Crippen LogP contribution in [0, 0.1) is 5.82 Å². The summed E-state index contributed by atoms with van der Waals surface area (Å²) in [4.78, 5) is 30.6. The smallest absolute Gasteiger partial charge is 0.271 e. The highest BCUT2D eigenvalue weighted by atomic mass is 35.5. The maximum atomic E-state index is 13.8. The molecule has 0 aliphatic rings. The molecule has 2 atom stereocenters. The van der Waals surface area contributed by atoms with Crippen molar-refractivity contribution in [2.75, 3.05) is 12.6 Å². The topological polar surface area (TPSA) is 76.7 Å². The van der Waals surface area contributed by atoms with Gasteiger partial charge in [0.05, 0.1) is 24.4 Å². The van der Waals surface area contributed by atoms with Gasteiger partial charge in [0.2, 0.25) is 11.2 Å². The van der Waals surface area contributed by atoms with E-state index in [0.29, 0.717) is 17.0 Å². The normalized spacial score (nSPS) is 12.4. The van der Waals surface area contributed by atoms with Gasteiger partial charge in [0, 0.05) is 6.04 Å². The molecule has 4 aromatic rings. The summed E-state index contributed by atoms with van der Waals surface area (Å²) in [5.74, 6) is 0.249. The lowest BCUT2D eigenvalue weighted by Gasteiger charge is -2.26. The summed E-state index contributed by atoms with van der Waals surface area (Å²) in [5, 5.41) is 3.35. The van der Waals surface area contributed by atoms with Gasteiger partial charge < -0.3 is 9.57 Å². The van der Waals surface area contributed by atoms with Gasteiger partial charge in [0.1, 0.15) is 11.6 Å². The molecule has 0 heterocycles. The Hall–Kier alpha value is -3.68. The van der Waals surface area contributed by atoms with Gasteiger partial charge in [-0.3, -0.25) is 14.9 Å². The Morgan fingerprint density at radius 2 is 1.56 bits per heavy atom. The summed E-state index contributed by atoms with van der Waals surface area (Å²) in [6.45, 7) is 1.86. The summed E-state index contributed by atoms with van der Waals surface area (Å²) in [6, 6.07) is 21.4. The van der Waals surface area contributed by atoms with E-state index in [1.54, 1.807) is 55.6 Å². The first-order valence-electron chi connectivity index (χ1n) is 10.4. The SMILES string of the molecule is COc1ccc(C(N[C@H](C)c2cccc(F)c2)c2c(ONc3ccccc3)c(=O)c2=O)cc1.Cl. The minimum atomic E-state index is -0.702. The molecule has 2 N–H and O–H groups in total. The first-order valence-corrected chi connectivity index (χ1v) is 10.4. The van der Waals surface area contributed by atoms with Crippen LogP contribution in [-0.4, -0.2) is 7.11 Å². The third-order valence-corrected chi connectivity index (χ3v) is 5.45. The monoisotopic (exact) mass is 482 g/mol. The molecule has 0 radical (unpaired) electrons.